The summed E-state index contributed by atoms with van der Waals surface area (Å²) in [4.78, 5) is 11.0. The lowest BCUT2D eigenvalue weighted by Crippen LogP contribution is -2.25. The first kappa shape index (κ1) is 15.4. The second kappa shape index (κ2) is 5.99. The van der Waals surface area contributed by atoms with Crippen LogP contribution in [-0.4, -0.2) is 26.0 Å². The van der Waals surface area contributed by atoms with Crippen molar-refractivity contribution in [1.82, 2.24) is 4.72 Å². The molecule has 0 saturated carbocycles. The van der Waals surface area contributed by atoms with Crippen LogP contribution in [0.15, 0.2) is 29.7 Å². The minimum absolute atomic E-state index is 0.000405. The molecule has 0 saturated heterocycles. The fraction of sp³-hybridized carbons (Fsp3) is 0.308. The zero-order valence-corrected chi connectivity index (χ0v) is 11.8. The van der Waals surface area contributed by atoms with E-state index in [4.69, 9.17) is 5.11 Å². The van der Waals surface area contributed by atoms with Gasteiger partial charge in [0.2, 0.25) is 10.0 Å². The molecule has 0 fully saturated rings. The van der Waals surface area contributed by atoms with Crippen LogP contribution in [0.5, 0.6) is 0 Å². The molecule has 19 heavy (non-hydrogen) atoms. The van der Waals surface area contributed by atoms with Crippen molar-refractivity contribution in [3.8, 4) is 0 Å². The zero-order valence-electron chi connectivity index (χ0n) is 10.9. The smallest absolute Gasteiger partial charge is 0.335 e. The maximum absolute atomic E-state index is 12.1. The number of rotatable bonds is 6. The van der Waals surface area contributed by atoms with Crippen molar-refractivity contribution in [3.63, 3.8) is 0 Å². The largest absolute Gasteiger partial charge is 0.478 e. The average Bonchev–Trinajstić information content (AvgIpc) is 2.28. The minimum atomic E-state index is -3.70. The van der Waals surface area contributed by atoms with E-state index < -0.39 is 16.0 Å². The van der Waals surface area contributed by atoms with Crippen LogP contribution >= 0.6 is 0 Å². The Balaban J connectivity index is 3.22. The number of hydrogen-bond acceptors (Lipinski definition) is 3. The second-order valence-electron chi connectivity index (χ2n) is 4.21. The summed E-state index contributed by atoms with van der Waals surface area (Å²) in [7, 11) is -3.70. The van der Waals surface area contributed by atoms with Crippen molar-refractivity contribution >= 4 is 16.0 Å². The average molecular weight is 283 g/mol. The molecule has 0 unspecified atom stereocenters. The Morgan fingerprint density at radius 1 is 1.37 bits per heavy atom. The predicted octanol–water partition coefficient (Wildman–Crippen LogP) is 1.86. The van der Waals surface area contributed by atoms with E-state index in [-0.39, 0.29) is 17.0 Å². The van der Waals surface area contributed by atoms with Crippen LogP contribution in [0.3, 0.4) is 0 Å². The molecular formula is C13H17NO4S. The highest BCUT2D eigenvalue weighted by Gasteiger charge is 2.20. The molecule has 0 spiro atoms. The van der Waals surface area contributed by atoms with Crippen LogP contribution in [0.1, 0.15) is 27.9 Å². The van der Waals surface area contributed by atoms with E-state index >= 15 is 0 Å². The Morgan fingerprint density at radius 3 is 2.53 bits per heavy atom. The van der Waals surface area contributed by atoms with Gasteiger partial charge in [-0.3, -0.25) is 0 Å². The molecule has 1 aromatic rings. The number of carboxylic acids is 1. The van der Waals surface area contributed by atoms with Crippen molar-refractivity contribution in [3.05, 3.63) is 41.5 Å². The number of sulfonamides is 1. The number of aromatic carboxylic acids is 1. The lowest BCUT2D eigenvalue weighted by Gasteiger charge is -2.11. The Hall–Kier alpha value is -1.66. The Bertz CT molecular complexity index is 605. The summed E-state index contributed by atoms with van der Waals surface area (Å²) in [5.74, 6) is -1.14. The van der Waals surface area contributed by atoms with Gasteiger partial charge in [-0.25, -0.2) is 17.9 Å². The van der Waals surface area contributed by atoms with Gasteiger partial charge in [0.1, 0.15) is 0 Å². The van der Waals surface area contributed by atoms with Gasteiger partial charge in [-0.05, 0) is 37.5 Å². The molecule has 0 bridgehead atoms. The Labute approximate surface area is 113 Å². The molecular weight excluding hydrogens is 266 g/mol. The Kier molecular flexibility index (Phi) is 4.85. The van der Waals surface area contributed by atoms with Gasteiger partial charge in [-0.15, -0.1) is 6.58 Å². The normalized spacial score (nSPS) is 11.3. The van der Waals surface area contributed by atoms with Crippen molar-refractivity contribution in [2.75, 3.05) is 6.54 Å². The van der Waals surface area contributed by atoms with Crippen LogP contribution in [0.4, 0.5) is 0 Å². The fourth-order valence-corrected chi connectivity index (χ4v) is 3.02. The highest BCUT2D eigenvalue weighted by molar-refractivity contribution is 7.89. The number of carboxylic acid groups (broad SMARTS) is 1. The van der Waals surface area contributed by atoms with Crippen LogP contribution in [-0.2, 0) is 10.0 Å². The van der Waals surface area contributed by atoms with E-state index in [2.05, 4.69) is 11.3 Å². The molecule has 2 N–H and O–H groups in total. The first-order valence-electron chi connectivity index (χ1n) is 5.74. The summed E-state index contributed by atoms with van der Waals surface area (Å²) in [5.41, 5.74) is 1.05. The van der Waals surface area contributed by atoms with Crippen LogP contribution in [0.25, 0.3) is 0 Å². The van der Waals surface area contributed by atoms with E-state index in [1.54, 1.807) is 26.0 Å². The maximum atomic E-state index is 12.1. The van der Waals surface area contributed by atoms with Crippen molar-refractivity contribution in [1.29, 1.82) is 0 Å². The number of benzene rings is 1. The molecule has 1 aromatic carbocycles. The summed E-state index contributed by atoms with van der Waals surface area (Å²) in [6, 6.07) is 2.76. The first-order valence-corrected chi connectivity index (χ1v) is 7.23. The van der Waals surface area contributed by atoms with Gasteiger partial charge in [0.25, 0.3) is 0 Å². The highest BCUT2D eigenvalue weighted by Crippen LogP contribution is 2.20. The number of hydrogen-bond donors (Lipinski definition) is 2. The van der Waals surface area contributed by atoms with Gasteiger partial charge in [0, 0.05) is 6.54 Å². The monoisotopic (exact) mass is 283 g/mol. The lowest BCUT2D eigenvalue weighted by atomic mass is 10.1. The molecule has 104 valence electrons. The van der Waals surface area contributed by atoms with Crippen LogP contribution in [0.2, 0.25) is 0 Å². The minimum Gasteiger partial charge on any atom is -0.478 e. The van der Waals surface area contributed by atoms with Crippen molar-refractivity contribution < 1.29 is 18.3 Å². The first-order chi connectivity index (χ1) is 8.79. The second-order valence-corrected chi connectivity index (χ2v) is 5.95. The Morgan fingerprint density at radius 2 is 2.00 bits per heavy atom. The summed E-state index contributed by atoms with van der Waals surface area (Å²) in [6.45, 7) is 7.02. The number of nitrogens with one attached hydrogen (secondary N) is 1. The van der Waals surface area contributed by atoms with E-state index in [0.717, 1.165) is 0 Å². The molecule has 0 aromatic heterocycles. The van der Waals surface area contributed by atoms with E-state index in [0.29, 0.717) is 17.5 Å². The van der Waals surface area contributed by atoms with Gasteiger partial charge < -0.3 is 5.11 Å². The molecule has 0 aliphatic carbocycles. The molecule has 1 rings (SSSR count). The van der Waals surface area contributed by atoms with Gasteiger partial charge in [0.05, 0.1) is 10.5 Å². The lowest BCUT2D eigenvalue weighted by molar-refractivity contribution is 0.0696. The third-order valence-corrected chi connectivity index (χ3v) is 4.29. The highest BCUT2D eigenvalue weighted by atomic mass is 32.2. The van der Waals surface area contributed by atoms with E-state index in [1.807, 2.05) is 0 Å². The maximum Gasteiger partial charge on any atom is 0.335 e. The third-order valence-electron chi connectivity index (χ3n) is 2.68. The topological polar surface area (TPSA) is 83.5 Å². The molecule has 0 aliphatic heterocycles. The number of carbonyl (C=O) groups is 1. The molecule has 0 atom stereocenters. The molecule has 5 nitrogen and oxygen atoms in total. The third kappa shape index (κ3) is 3.65. The molecule has 0 aliphatic rings. The molecule has 0 amide bonds. The van der Waals surface area contributed by atoms with Gasteiger partial charge in [-0.2, -0.15) is 0 Å². The number of aryl methyl sites for hydroxylation is 2. The van der Waals surface area contributed by atoms with Crippen molar-refractivity contribution in [2.24, 2.45) is 0 Å². The predicted molar refractivity (Wildman–Crippen MR) is 72.9 cm³/mol. The SMILES string of the molecule is C=CCCNS(=O)(=O)c1cc(C(=O)O)c(C)cc1C. The summed E-state index contributed by atoms with van der Waals surface area (Å²) in [5, 5.41) is 9.03. The van der Waals surface area contributed by atoms with E-state index in [9.17, 15) is 13.2 Å². The van der Waals surface area contributed by atoms with Crippen molar-refractivity contribution in [2.45, 2.75) is 25.2 Å². The van der Waals surface area contributed by atoms with Gasteiger partial charge >= 0.3 is 5.97 Å². The van der Waals surface area contributed by atoms with E-state index in [1.165, 1.54) is 6.07 Å². The van der Waals surface area contributed by atoms with Crippen LogP contribution < -0.4 is 4.72 Å². The molecule has 6 heteroatoms. The standard InChI is InChI=1S/C13H17NO4S/c1-4-5-6-14-19(17,18)12-8-11(13(15)16)9(2)7-10(12)3/h4,7-8,14H,1,5-6H2,2-3H3,(H,15,16). The summed E-state index contributed by atoms with van der Waals surface area (Å²) >= 11 is 0. The molecule has 0 radical (unpaired) electrons. The fourth-order valence-electron chi connectivity index (χ4n) is 1.73. The summed E-state index contributed by atoms with van der Waals surface area (Å²) in [6.07, 6.45) is 2.11. The molecule has 0 heterocycles. The summed E-state index contributed by atoms with van der Waals surface area (Å²) < 4.78 is 26.6. The quantitative estimate of drug-likeness (QED) is 0.616. The van der Waals surface area contributed by atoms with Crippen LogP contribution in [0, 0.1) is 13.8 Å². The van der Waals surface area contributed by atoms with Gasteiger partial charge in [-0.1, -0.05) is 12.1 Å². The van der Waals surface area contributed by atoms with Gasteiger partial charge in [0.15, 0.2) is 0 Å². The zero-order chi connectivity index (χ0) is 14.6.